The number of ether oxygens (including phenoxy) is 12. The van der Waals surface area contributed by atoms with Crippen LogP contribution in [0.25, 0.3) is 22.3 Å². The molecule has 3 aromatic heterocycles. The number of methoxy groups -OCH3 is 2. The number of nitrogens with one attached hydrogen (secondary N) is 3. The summed E-state index contributed by atoms with van der Waals surface area (Å²) in [4.78, 5) is 95.6. The summed E-state index contributed by atoms with van der Waals surface area (Å²) in [7, 11) is -0.697. The lowest BCUT2D eigenvalue weighted by atomic mass is 9.85. The van der Waals surface area contributed by atoms with Gasteiger partial charge in [0.25, 0.3) is 5.56 Å². The Balaban J connectivity index is 0.814. The van der Waals surface area contributed by atoms with Crippen molar-refractivity contribution in [1.29, 1.82) is 0 Å². The normalized spacial score (nSPS) is 15.2. The van der Waals surface area contributed by atoms with E-state index < -0.39 is 51.2 Å². The van der Waals surface area contributed by atoms with Crippen LogP contribution in [0.3, 0.4) is 0 Å². The fourth-order valence-electron chi connectivity index (χ4n) is 11.0. The van der Waals surface area contributed by atoms with Gasteiger partial charge in [-0.1, -0.05) is 32.6 Å². The van der Waals surface area contributed by atoms with Crippen molar-refractivity contribution < 1.29 is 94.3 Å². The van der Waals surface area contributed by atoms with E-state index in [2.05, 4.69) is 37.8 Å². The van der Waals surface area contributed by atoms with E-state index in [4.69, 9.17) is 61.8 Å². The van der Waals surface area contributed by atoms with E-state index in [-0.39, 0.29) is 111 Å². The Morgan fingerprint density at radius 1 is 0.732 bits per heavy atom. The molecule has 0 saturated heterocycles. The minimum absolute atomic E-state index is 0.0125. The molecule has 4 amide bonds. The largest absolute Gasteiger partial charge is 0.480 e. The van der Waals surface area contributed by atoms with Gasteiger partial charge in [0.1, 0.15) is 24.3 Å². The highest BCUT2D eigenvalue weighted by Crippen LogP contribution is 2.43. The molecule has 534 valence electrons. The number of hydrogen-bond donors (Lipinski definition) is 4. The average Bonchev–Trinajstić information content (AvgIpc) is 1.60. The lowest BCUT2D eigenvalue weighted by Crippen LogP contribution is -2.53. The highest BCUT2D eigenvalue weighted by Gasteiger charge is 2.46. The van der Waals surface area contributed by atoms with Gasteiger partial charge in [0.05, 0.1) is 168 Å². The Bertz CT molecular complexity index is 3540. The number of benzene rings is 1. The van der Waals surface area contributed by atoms with Gasteiger partial charge in [0, 0.05) is 67.9 Å². The van der Waals surface area contributed by atoms with Crippen LogP contribution in [0.5, 0.6) is 5.88 Å². The fourth-order valence-corrected chi connectivity index (χ4v) is 11.5. The van der Waals surface area contributed by atoms with Gasteiger partial charge >= 0.3 is 5.97 Å². The van der Waals surface area contributed by atoms with Gasteiger partial charge in [-0.3, -0.25) is 24.0 Å². The van der Waals surface area contributed by atoms with Crippen LogP contribution in [0, 0.1) is 17.8 Å². The summed E-state index contributed by atoms with van der Waals surface area (Å²) in [5.41, 5.74) is 3.57. The van der Waals surface area contributed by atoms with Crippen molar-refractivity contribution in [2.24, 2.45) is 5.92 Å². The number of unbranched alkanes of at least 4 members (excludes halogenated alkanes) is 1. The summed E-state index contributed by atoms with van der Waals surface area (Å²) in [5.74, 6) is 3.05. The molecule has 4 aromatic rings. The number of aryl methyl sites for hydroxylation is 2. The minimum atomic E-state index is -3.67. The smallest absolute Gasteiger partial charge is 0.343 e. The molecule has 0 saturated carbocycles. The minimum Gasteiger partial charge on any atom is -0.480 e. The molecule has 0 fully saturated rings. The van der Waals surface area contributed by atoms with Crippen LogP contribution in [-0.4, -0.2) is 239 Å². The molecule has 2 aliphatic heterocycles. The number of rotatable bonds is 45. The highest BCUT2D eigenvalue weighted by atomic mass is 32.2. The van der Waals surface area contributed by atoms with E-state index in [1.165, 1.54) is 13.3 Å². The second-order valence-electron chi connectivity index (χ2n) is 23.5. The first kappa shape index (κ1) is 77.2. The topological polar surface area (TPSA) is 350 Å². The fraction of sp³-hybridized carbons (Fsp3) is 0.627. The zero-order valence-electron chi connectivity index (χ0n) is 56.7. The Labute approximate surface area is 565 Å². The molecule has 3 atom stereocenters. The van der Waals surface area contributed by atoms with Crippen LogP contribution in [0.2, 0.25) is 0 Å². The van der Waals surface area contributed by atoms with Gasteiger partial charge < -0.3 is 87.4 Å². The molecule has 0 bridgehead atoms. The number of pyridine rings is 2. The van der Waals surface area contributed by atoms with Crippen molar-refractivity contribution in [3.8, 4) is 29.1 Å². The molecular formula is C67H94N8O21S. The Morgan fingerprint density at radius 2 is 1.31 bits per heavy atom. The van der Waals surface area contributed by atoms with Gasteiger partial charge in [-0.2, -0.15) is 4.98 Å². The summed E-state index contributed by atoms with van der Waals surface area (Å²) >= 11 is 0. The Morgan fingerprint density at radius 3 is 1.88 bits per heavy atom. The Kier molecular flexibility index (Phi) is 31.4. The molecule has 1 aromatic carbocycles. The van der Waals surface area contributed by atoms with E-state index in [0.29, 0.717) is 153 Å². The number of nitrogens with zero attached hydrogens (tertiary/aromatic N) is 5. The van der Waals surface area contributed by atoms with Crippen LogP contribution in [0.1, 0.15) is 99.6 Å². The number of hydrogen-bond acceptors (Lipinski definition) is 24. The van der Waals surface area contributed by atoms with Crippen molar-refractivity contribution in [3.05, 3.63) is 68.1 Å². The maximum atomic E-state index is 13.9. The summed E-state index contributed by atoms with van der Waals surface area (Å²) in [6.07, 6.45) is 5.15. The molecule has 4 N–H and O–H groups in total. The predicted molar refractivity (Wildman–Crippen MR) is 352 cm³/mol. The van der Waals surface area contributed by atoms with Gasteiger partial charge in [0.15, 0.2) is 5.60 Å². The highest BCUT2D eigenvalue weighted by molar-refractivity contribution is 7.90. The van der Waals surface area contributed by atoms with Gasteiger partial charge in [0.2, 0.25) is 44.5 Å². The number of aromatic nitrogens is 4. The first-order valence-electron chi connectivity index (χ1n) is 32.9. The molecule has 30 heteroatoms. The summed E-state index contributed by atoms with van der Waals surface area (Å²) in [6.45, 7) is 14.4. The molecule has 29 nitrogen and oxygen atoms in total. The van der Waals surface area contributed by atoms with Gasteiger partial charge in [-0.05, 0) is 74.3 Å². The third kappa shape index (κ3) is 22.4. The lowest BCUT2D eigenvalue weighted by molar-refractivity contribution is -0.172. The molecule has 0 spiro atoms. The monoisotopic (exact) mass is 1380 g/mol. The number of anilines is 1. The van der Waals surface area contributed by atoms with Crippen molar-refractivity contribution >= 4 is 56.0 Å². The van der Waals surface area contributed by atoms with E-state index in [9.17, 15) is 42.3 Å². The standard InChI is InChI=1S/C67H94N8O21S/c1-8-67(82)52-41-55-60-50(43-75(55)64(80)51(52)44-96-65(67)81)48-14-12-15-49-53(17-18-54(70-60)58(48)49)71-61(78)46(4)69-62(79)59(45(2)3)72-56(76)19-22-87-23-20-74(57(77)16-11-9-10-13-47-42-68-66(97(7,83)84)73-63(47)86-6)21-24-88-27-28-90-31-32-92-35-36-94-39-40-95-38-37-93-34-33-91-30-29-89-26-25-85-5/h17-18,41-42,45-46,59,82H,8-9,11-12,14-16,19-40,43-44H2,1-7H3,(H,69,79)(H,71,78)(H,72,76)/t46-,59-,67-/m0/s1. The SMILES string of the molecule is CC[C@@]1(O)C(=O)OCc2c1cc1n(c2=O)Cc2c-1nc1ccc(NC(=O)[C@H](C)NC(=O)[C@@H](NC(=O)CCOCCN(CCOCCOCCOCCOCCOCCOCCOCCOCCOC)C(=O)CCCC#Cc3cnc(S(C)(=O)=O)nc3OC)C(C)C)c3c1c2CCC3. The number of carbonyl (C=O) groups is 5. The number of carbonyl (C=O) groups excluding carboxylic acids is 5. The van der Waals surface area contributed by atoms with Crippen molar-refractivity contribution in [2.45, 2.75) is 115 Å². The Hall–Kier alpha value is -7.12. The van der Waals surface area contributed by atoms with Crippen molar-refractivity contribution in [1.82, 2.24) is 35.1 Å². The van der Waals surface area contributed by atoms with Crippen LogP contribution in [0.4, 0.5) is 5.69 Å². The predicted octanol–water partition coefficient (Wildman–Crippen LogP) is 2.59. The molecule has 97 heavy (non-hydrogen) atoms. The first-order valence-corrected chi connectivity index (χ1v) is 34.8. The second-order valence-corrected chi connectivity index (χ2v) is 25.4. The zero-order valence-corrected chi connectivity index (χ0v) is 57.5. The van der Waals surface area contributed by atoms with E-state index in [0.717, 1.165) is 34.8 Å². The van der Waals surface area contributed by atoms with E-state index in [1.54, 1.807) is 62.5 Å². The lowest BCUT2D eigenvalue weighted by Gasteiger charge is -2.31. The van der Waals surface area contributed by atoms with Crippen LogP contribution >= 0.6 is 0 Å². The van der Waals surface area contributed by atoms with Gasteiger partial charge in [-0.25, -0.2) is 23.2 Å². The van der Waals surface area contributed by atoms with E-state index in [1.807, 2.05) is 0 Å². The molecule has 0 unspecified atom stereocenters. The number of aliphatic hydroxyl groups is 1. The molecule has 3 aliphatic rings. The summed E-state index contributed by atoms with van der Waals surface area (Å²) < 4.78 is 91.1. The first-order chi connectivity index (χ1) is 46.8. The third-order valence-electron chi connectivity index (χ3n) is 16.3. The summed E-state index contributed by atoms with van der Waals surface area (Å²) in [5, 5.41) is 20.4. The number of sulfone groups is 1. The average molecular weight is 1380 g/mol. The maximum Gasteiger partial charge on any atom is 0.343 e. The molecule has 7 rings (SSSR count). The number of cyclic esters (lactones) is 1. The van der Waals surface area contributed by atoms with Crippen LogP contribution in [-0.2, 0) is 118 Å². The number of amides is 4. The number of fused-ring (bicyclic) bond motifs is 5. The summed E-state index contributed by atoms with van der Waals surface area (Å²) in [6, 6.07) is 3.27. The maximum absolute atomic E-state index is 13.9. The van der Waals surface area contributed by atoms with E-state index >= 15 is 0 Å². The zero-order chi connectivity index (χ0) is 69.7. The van der Waals surface area contributed by atoms with Gasteiger partial charge in [-0.15, -0.1) is 0 Å². The van der Waals surface area contributed by atoms with Crippen molar-refractivity contribution in [2.75, 3.05) is 164 Å². The second kappa shape index (κ2) is 39.5. The van der Waals surface area contributed by atoms with Crippen LogP contribution < -0.4 is 26.2 Å². The number of esters is 1. The van der Waals surface area contributed by atoms with Crippen molar-refractivity contribution in [3.63, 3.8) is 0 Å². The van der Waals surface area contributed by atoms with Crippen LogP contribution in [0.15, 0.2) is 34.3 Å². The quantitative estimate of drug-likeness (QED) is 0.0188. The third-order valence-corrected chi connectivity index (χ3v) is 17.1. The molecule has 0 radical (unpaired) electrons. The molecule has 5 heterocycles. The molecular weight excluding hydrogens is 1280 g/mol. The molecule has 1 aliphatic carbocycles.